The number of hydrogen-bond donors (Lipinski definition) is 1. The van der Waals surface area contributed by atoms with Crippen molar-refractivity contribution >= 4 is 28.1 Å². The van der Waals surface area contributed by atoms with Crippen molar-refractivity contribution in [3.8, 4) is 0 Å². The molecule has 0 bridgehead atoms. The van der Waals surface area contributed by atoms with Gasteiger partial charge < -0.3 is 4.98 Å². The molecule has 1 N–H and O–H groups in total. The van der Waals surface area contributed by atoms with E-state index >= 15 is 0 Å². The van der Waals surface area contributed by atoms with Gasteiger partial charge in [-0.05, 0) is 11.5 Å². The highest BCUT2D eigenvalue weighted by Crippen LogP contribution is 2.22. The van der Waals surface area contributed by atoms with Crippen LogP contribution in [-0.2, 0) is 0 Å². The van der Waals surface area contributed by atoms with Crippen LogP contribution in [0.3, 0.4) is 0 Å². The molecule has 3 nitrogen and oxygen atoms in total. The SMILES string of the molecule is O=Cc1nc2c(ccc3ccccc32)[nH]1. The molecule has 0 saturated carbocycles. The van der Waals surface area contributed by atoms with Crippen molar-refractivity contribution < 1.29 is 4.79 Å². The fraction of sp³-hybridized carbons (Fsp3) is 0. The van der Waals surface area contributed by atoms with Crippen LogP contribution in [0, 0.1) is 0 Å². The van der Waals surface area contributed by atoms with E-state index in [-0.39, 0.29) is 0 Å². The highest BCUT2D eigenvalue weighted by molar-refractivity contribution is 6.04. The van der Waals surface area contributed by atoms with Crippen molar-refractivity contribution in [1.82, 2.24) is 9.97 Å². The summed E-state index contributed by atoms with van der Waals surface area (Å²) in [5.41, 5.74) is 1.76. The molecule has 1 heterocycles. The quantitative estimate of drug-likeness (QED) is 0.608. The lowest BCUT2D eigenvalue weighted by molar-refractivity contribution is 0.111. The van der Waals surface area contributed by atoms with Crippen molar-refractivity contribution in [3.05, 3.63) is 42.2 Å². The summed E-state index contributed by atoms with van der Waals surface area (Å²) in [4.78, 5) is 17.8. The maximum atomic E-state index is 10.6. The van der Waals surface area contributed by atoms with Crippen LogP contribution in [0.4, 0.5) is 0 Å². The van der Waals surface area contributed by atoms with Gasteiger partial charge in [0.25, 0.3) is 0 Å². The van der Waals surface area contributed by atoms with Gasteiger partial charge in [-0.3, -0.25) is 4.79 Å². The number of hydrogen-bond acceptors (Lipinski definition) is 2. The van der Waals surface area contributed by atoms with E-state index in [1.54, 1.807) is 0 Å². The van der Waals surface area contributed by atoms with Crippen LogP contribution in [-0.4, -0.2) is 16.3 Å². The zero-order valence-electron chi connectivity index (χ0n) is 7.90. The summed E-state index contributed by atoms with van der Waals surface area (Å²) in [6.45, 7) is 0. The lowest BCUT2D eigenvalue weighted by Crippen LogP contribution is -1.79. The van der Waals surface area contributed by atoms with Gasteiger partial charge in [-0.25, -0.2) is 4.98 Å². The summed E-state index contributed by atoms with van der Waals surface area (Å²) in [7, 11) is 0. The summed E-state index contributed by atoms with van der Waals surface area (Å²) in [5, 5.41) is 2.20. The zero-order valence-corrected chi connectivity index (χ0v) is 7.90. The van der Waals surface area contributed by atoms with E-state index in [9.17, 15) is 4.79 Å². The molecule has 0 radical (unpaired) electrons. The molecule has 3 aromatic rings. The van der Waals surface area contributed by atoms with Gasteiger partial charge in [0.15, 0.2) is 12.1 Å². The Morgan fingerprint density at radius 2 is 2.00 bits per heavy atom. The third-order valence-electron chi connectivity index (χ3n) is 2.51. The van der Waals surface area contributed by atoms with Crippen LogP contribution < -0.4 is 0 Å². The van der Waals surface area contributed by atoms with E-state index in [4.69, 9.17) is 0 Å². The van der Waals surface area contributed by atoms with Crippen molar-refractivity contribution in [1.29, 1.82) is 0 Å². The first-order valence-electron chi connectivity index (χ1n) is 4.71. The summed E-state index contributed by atoms with van der Waals surface area (Å²) in [6, 6.07) is 12.0. The third kappa shape index (κ3) is 1.13. The second-order valence-electron chi connectivity index (χ2n) is 3.42. The molecule has 0 amide bonds. The van der Waals surface area contributed by atoms with Gasteiger partial charge in [0, 0.05) is 5.39 Å². The second kappa shape index (κ2) is 2.92. The zero-order chi connectivity index (χ0) is 10.3. The molecule has 1 aromatic heterocycles. The Hall–Kier alpha value is -2.16. The van der Waals surface area contributed by atoms with Gasteiger partial charge in [-0.2, -0.15) is 0 Å². The Kier molecular flexibility index (Phi) is 1.59. The molecule has 0 aliphatic carbocycles. The number of carbonyl (C=O) groups excluding carboxylic acids is 1. The third-order valence-corrected chi connectivity index (χ3v) is 2.51. The molecule has 0 fully saturated rings. The van der Waals surface area contributed by atoms with Crippen LogP contribution in [0.25, 0.3) is 21.8 Å². The summed E-state index contributed by atoms with van der Waals surface area (Å²) < 4.78 is 0. The number of rotatable bonds is 1. The lowest BCUT2D eigenvalue weighted by atomic mass is 10.1. The standard InChI is InChI=1S/C12H8N2O/c15-7-11-13-10-6-5-8-3-1-2-4-9(8)12(10)14-11/h1-7H,(H,13,14). The van der Waals surface area contributed by atoms with E-state index in [1.807, 2.05) is 36.4 Å². The Morgan fingerprint density at radius 3 is 2.87 bits per heavy atom. The van der Waals surface area contributed by atoms with Crippen molar-refractivity contribution in [2.24, 2.45) is 0 Å². The van der Waals surface area contributed by atoms with E-state index in [0.29, 0.717) is 5.82 Å². The molecule has 15 heavy (non-hydrogen) atoms. The largest absolute Gasteiger partial charge is 0.336 e. The van der Waals surface area contributed by atoms with Gasteiger partial charge >= 0.3 is 0 Å². The maximum Gasteiger partial charge on any atom is 0.185 e. The van der Waals surface area contributed by atoms with Gasteiger partial charge in [-0.15, -0.1) is 0 Å². The molecule has 0 atom stereocenters. The number of benzene rings is 2. The topological polar surface area (TPSA) is 45.8 Å². The average molecular weight is 196 g/mol. The minimum atomic E-state index is 0.376. The number of aldehydes is 1. The van der Waals surface area contributed by atoms with Crippen LogP contribution in [0.15, 0.2) is 36.4 Å². The number of nitrogens with one attached hydrogen (secondary N) is 1. The molecule has 0 saturated heterocycles. The first kappa shape index (κ1) is 8.17. The fourth-order valence-corrected chi connectivity index (χ4v) is 1.82. The van der Waals surface area contributed by atoms with Crippen molar-refractivity contribution in [2.45, 2.75) is 0 Å². The van der Waals surface area contributed by atoms with Crippen LogP contribution in [0.2, 0.25) is 0 Å². The number of aromatic amines is 1. The molecule has 3 heteroatoms. The lowest BCUT2D eigenvalue weighted by Gasteiger charge is -1.96. The molecule has 0 unspecified atom stereocenters. The Labute approximate surface area is 85.8 Å². The minimum Gasteiger partial charge on any atom is -0.336 e. The molecule has 0 spiro atoms. The van der Waals surface area contributed by atoms with Gasteiger partial charge in [0.05, 0.1) is 11.0 Å². The molecule has 3 rings (SSSR count). The minimum absolute atomic E-state index is 0.376. The number of nitrogens with zero attached hydrogens (tertiary/aromatic N) is 1. The highest BCUT2D eigenvalue weighted by Gasteiger charge is 2.04. The van der Waals surface area contributed by atoms with Gasteiger partial charge in [0.1, 0.15) is 0 Å². The molecule has 2 aromatic carbocycles. The average Bonchev–Trinajstić information content (AvgIpc) is 2.72. The van der Waals surface area contributed by atoms with Crippen molar-refractivity contribution in [2.75, 3.05) is 0 Å². The van der Waals surface area contributed by atoms with Gasteiger partial charge in [0.2, 0.25) is 0 Å². The maximum absolute atomic E-state index is 10.6. The Bertz CT molecular complexity index is 655. The number of imidazole rings is 1. The number of H-pyrrole nitrogens is 1. The molecular weight excluding hydrogens is 188 g/mol. The summed E-state index contributed by atoms with van der Waals surface area (Å²) in [5.74, 6) is 0.376. The normalized spacial score (nSPS) is 10.9. The monoisotopic (exact) mass is 196 g/mol. The summed E-state index contributed by atoms with van der Waals surface area (Å²) in [6.07, 6.45) is 0.731. The van der Waals surface area contributed by atoms with Crippen molar-refractivity contribution in [3.63, 3.8) is 0 Å². The smallest absolute Gasteiger partial charge is 0.185 e. The van der Waals surface area contributed by atoms with E-state index in [0.717, 1.165) is 28.1 Å². The Morgan fingerprint density at radius 1 is 1.13 bits per heavy atom. The predicted molar refractivity (Wildman–Crippen MR) is 59.0 cm³/mol. The predicted octanol–water partition coefficient (Wildman–Crippen LogP) is 2.53. The van der Waals surface area contributed by atoms with Crippen LogP contribution >= 0.6 is 0 Å². The van der Waals surface area contributed by atoms with Crippen LogP contribution in [0.1, 0.15) is 10.6 Å². The first-order chi connectivity index (χ1) is 7.38. The molecule has 0 aliphatic rings. The number of fused-ring (bicyclic) bond motifs is 3. The molecular formula is C12H8N2O. The Balaban J connectivity index is 2.52. The van der Waals surface area contributed by atoms with E-state index in [2.05, 4.69) is 9.97 Å². The number of carbonyl (C=O) groups is 1. The molecule has 72 valence electrons. The fourth-order valence-electron chi connectivity index (χ4n) is 1.82. The van der Waals surface area contributed by atoms with E-state index < -0.39 is 0 Å². The van der Waals surface area contributed by atoms with Gasteiger partial charge in [-0.1, -0.05) is 30.3 Å². The molecule has 0 aliphatic heterocycles. The number of aromatic nitrogens is 2. The van der Waals surface area contributed by atoms with E-state index in [1.165, 1.54) is 0 Å². The van der Waals surface area contributed by atoms with Crippen LogP contribution in [0.5, 0.6) is 0 Å². The second-order valence-corrected chi connectivity index (χ2v) is 3.42. The first-order valence-corrected chi connectivity index (χ1v) is 4.71. The summed E-state index contributed by atoms with van der Waals surface area (Å²) >= 11 is 0. The highest BCUT2D eigenvalue weighted by atomic mass is 16.1.